The molecule has 0 bridgehead atoms. The first-order chi connectivity index (χ1) is 9.17. The normalized spacial score (nSPS) is 12.6. The van der Waals surface area contributed by atoms with Gasteiger partial charge in [0.1, 0.15) is 5.82 Å². The smallest absolute Gasteiger partial charge is 0.136 e. The van der Waals surface area contributed by atoms with Crippen molar-refractivity contribution in [3.05, 3.63) is 36.0 Å². The highest BCUT2D eigenvalue weighted by Gasteiger charge is 2.14. The van der Waals surface area contributed by atoms with Crippen molar-refractivity contribution < 1.29 is 5.11 Å². The molecule has 2 aromatic rings. The van der Waals surface area contributed by atoms with Crippen molar-refractivity contribution in [2.75, 3.05) is 11.9 Å². The molecular formula is C16H22N2O. The minimum Gasteiger partial charge on any atom is -0.390 e. The van der Waals surface area contributed by atoms with Gasteiger partial charge in [-0.25, -0.2) is 4.98 Å². The molecule has 0 spiro atoms. The number of hydrogen-bond acceptors (Lipinski definition) is 3. The molecule has 19 heavy (non-hydrogen) atoms. The number of hydrogen-bond donors (Lipinski definition) is 1. The fourth-order valence-corrected chi connectivity index (χ4v) is 2.40. The lowest BCUT2D eigenvalue weighted by molar-refractivity contribution is 0.277. The van der Waals surface area contributed by atoms with Crippen molar-refractivity contribution >= 4 is 16.6 Å². The molecule has 102 valence electrons. The van der Waals surface area contributed by atoms with E-state index >= 15 is 0 Å². The van der Waals surface area contributed by atoms with Crippen LogP contribution in [0.15, 0.2) is 30.3 Å². The summed E-state index contributed by atoms with van der Waals surface area (Å²) in [5.74, 6) is 0.961. The molecule has 0 saturated carbocycles. The average molecular weight is 258 g/mol. The van der Waals surface area contributed by atoms with Gasteiger partial charge in [-0.05, 0) is 24.8 Å². The summed E-state index contributed by atoms with van der Waals surface area (Å²) in [6.07, 6.45) is 2.29. The molecule has 0 saturated heterocycles. The number of aliphatic hydroxyl groups excluding tert-OH is 1. The Hall–Kier alpha value is -1.61. The average Bonchev–Trinajstić information content (AvgIpc) is 2.45. The molecule has 0 fully saturated rings. The molecule has 0 amide bonds. The third-order valence-electron chi connectivity index (χ3n) is 3.64. The topological polar surface area (TPSA) is 36.4 Å². The van der Waals surface area contributed by atoms with Crippen LogP contribution in [0.2, 0.25) is 0 Å². The van der Waals surface area contributed by atoms with Crippen LogP contribution in [0, 0.1) is 0 Å². The number of aromatic nitrogens is 1. The second-order valence-corrected chi connectivity index (χ2v) is 5.07. The quantitative estimate of drug-likeness (QED) is 0.893. The number of rotatable bonds is 5. The first-order valence-corrected chi connectivity index (χ1v) is 6.89. The summed E-state index contributed by atoms with van der Waals surface area (Å²) >= 11 is 0. The SMILES string of the molecule is CCCC(C)N(C)c1nc(CO)cc2ccccc12. The van der Waals surface area contributed by atoms with Gasteiger partial charge in [-0.2, -0.15) is 0 Å². The van der Waals surface area contributed by atoms with Crippen LogP contribution in [-0.4, -0.2) is 23.2 Å². The Morgan fingerprint density at radius 1 is 1.32 bits per heavy atom. The molecule has 0 aliphatic heterocycles. The monoisotopic (exact) mass is 258 g/mol. The summed E-state index contributed by atoms with van der Waals surface area (Å²) in [5, 5.41) is 11.6. The maximum absolute atomic E-state index is 9.36. The molecule has 1 N–H and O–H groups in total. The number of aliphatic hydroxyl groups is 1. The largest absolute Gasteiger partial charge is 0.390 e. The lowest BCUT2D eigenvalue weighted by Crippen LogP contribution is -2.29. The Balaban J connectivity index is 2.51. The fraction of sp³-hybridized carbons (Fsp3) is 0.438. The van der Waals surface area contributed by atoms with E-state index in [2.05, 4.69) is 42.9 Å². The van der Waals surface area contributed by atoms with Crippen LogP contribution in [0.5, 0.6) is 0 Å². The zero-order chi connectivity index (χ0) is 13.8. The molecule has 1 atom stereocenters. The molecule has 2 rings (SSSR count). The number of fused-ring (bicyclic) bond motifs is 1. The van der Waals surface area contributed by atoms with Crippen LogP contribution in [-0.2, 0) is 6.61 Å². The molecule has 0 aliphatic carbocycles. The van der Waals surface area contributed by atoms with Gasteiger partial charge >= 0.3 is 0 Å². The van der Waals surface area contributed by atoms with Crippen molar-refractivity contribution in [1.29, 1.82) is 0 Å². The van der Waals surface area contributed by atoms with Gasteiger partial charge in [-0.1, -0.05) is 37.6 Å². The van der Waals surface area contributed by atoms with Gasteiger partial charge in [0, 0.05) is 18.5 Å². The van der Waals surface area contributed by atoms with Crippen LogP contribution >= 0.6 is 0 Å². The van der Waals surface area contributed by atoms with E-state index in [1.54, 1.807) is 0 Å². The molecule has 1 aromatic carbocycles. The lowest BCUT2D eigenvalue weighted by Gasteiger charge is -2.27. The summed E-state index contributed by atoms with van der Waals surface area (Å²) in [5.41, 5.74) is 0.726. The van der Waals surface area contributed by atoms with Gasteiger partial charge in [0.2, 0.25) is 0 Å². The minimum atomic E-state index is -0.0200. The van der Waals surface area contributed by atoms with Gasteiger partial charge in [0.15, 0.2) is 0 Å². The Morgan fingerprint density at radius 3 is 2.74 bits per heavy atom. The summed E-state index contributed by atoms with van der Waals surface area (Å²) in [7, 11) is 2.08. The minimum absolute atomic E-state index is 0.0200. The summed E-state index contributed by atoms with van der Waals surface area (Å²) < 4.78 is 0. The van der Waals surface area contributed by atoms with E-state index in [0.717, 1.165) is 35.1 Å². The van der Waals surface area contributed by atoms with E-state index in [-0.39, 0.29) is 6.61 Å². The molecular weight excluding hydrogens is 236 g/mol. The van der Waals surface area contributed by atoms with E-state index in [0.29, 0.717) is 6.04 Å². The van der Waals surface area contributed by atoms with Crippen LogP contribution in [0.25, 0.3) is 10.8 Å². The first-order valence-electron chi connectivity index (χ1n) is 6.89. The molecule has 3 nitrogen and oxygen atoms in total. The molecule has 1 unspecified atom stereocenters. The Labute approximate surface area is 114 Å². The fourth-order valence-electron chi connectivity index (χ4n) is 2.40. The van der Waals surface area contributed by atoms with Crippen molar-refractivity contribution in [1.82, 2.24) is 4.98 Å². The highest BCUT2D eigenvalue weighted by Crippen LogP contribution is 2.27. The highest BCUT2D eigenvalue weighted by atomic mass is 16.3. The second-order valence-electron chi connectivity index (χ2n) is 5.07. The Kier molecular flexibility index (Phi) is 4.38. The number of nitrogens with zero attached hydrogens (tertiary/aromatic N) is 2. The van der Waals surface area contributed by atoms with E-state index in [1.807, 2.05) is 18.2 Å². The van der Waals surface area contributed by atoms with Crippen LogP contribution in [0.1, 0.15) is 32.4 Å². The first kappa shape index (κ1) is 13.8. The van der Waals surface area contributed by atoms with E-state index in [1.165, 1.54) is 0 Å². The van der Waals surface area contributed by atoms with E-state index in [9.17, 15) is 5.11 Å². The maximum atomic E-state index is 9.36. The Morgan fingerprint density at radius 2 is 2.05 bits per heavy atom. The van der Waals surface area contributed by atoms with Crippen LogP contribution in [0.3, 0.4) is 0 Å². The summed E-state index contributed by atoms with van der Waals surface area (Å²) in [4.78, 5) is 6.81. The Bertz CT molecular complexity index is 553. The number of pyridine rings is 1. The zero-order valence-electron chi connectivity index (χ0n) is 11.9. The van der Waals surface area contributed by atoms with Crippen molar-refractivity contribution in [2.24, 2.45) is 0 Å². The van der Waals surface area contributed by atoms with Crippen molar-refractivity contribution in [3.8, 4) is 0 Å². The zero-order valence-corrected chi connectivity index (χ0v) is 11.9. The molecule has 0 radical (unpaired) electrons. The lowest BCUT2D eigenvalue weighted by atomic mass is 10.1. The van der Waals surface area contributed by atoms with Crippen LogP contribution in [0.4, 0.5) is 5.82 Å². The maximum Gasteiger partial charge on any atom is 0.136 e. The summed E-state index contributed by atoms with van der Waals surface area (Å²) in [6, 6.07) is 10.6. The van der Waals surface area contributed by atoms with Gasteiger partial charge < -0.3 is 10.0 Å². The van der Waals surface area contributed by atoms with E-state index < -0.39 is 0 Å². The molecule has 1 aromatic heterocycles. The van der Waals surface area contributed by atoms with E-state index in [4.69, 9.17) is 0 Å². The van der Waals surface area contributed by atoms with Crippen molar-refractivity contribution in [3.63, 3.8) is 0 Å². The third-order valence-corrected chi connectivity index (χ3v) is 3.64. The standard InChI is InChI=1S/C16H22N2O/c1-4-7-12(2)18(3)16-15-9-6-5-8-13(15)10-14(11-19)17-16/h5-6,8-10,12,19H,4,7,11H2,1-3H3. The van der Waals surface area contributed by atoms with Gasteiger partial charge in [0.25, 0.3) is 0 Å². The van der Waals surface area contributed by atoms with Gasteiger partial charge in [-0.15, -0.1) is 0 Å². The van der Waals surface area contributed by atoms with Gasteiger partial charge in [-0.3, -0.25) is 0 Å². The second kappa shape index (κ2) is 6.02. The highest BCUT2D eigenvalue weighted by molar-refractivity contribution is 5.92. The van der Waals surface area contributed by atoms with Crippen LogP contribution < -0.4 is 4.90 Å². The third kappa shape index (κ3) is 2.87. The van der Waals surface area contributed by atoms with Crippen molar-refractivity contribution in [2.45, 2.75) is 39.3 Å². The molecule has 0 aliphatic rings. The number of benzene rings is 1. The summed E-state index contributed by atoms with van der Waals surface area (Å²) in [6.45, 7) is 4.39. The molecule has 1 heterocycles. The van der Waals surface area contributed by atoms with Gasteiger partial charge in [0.05, 0.1) is 12.3 Å². The predicted octanol–water partition coefficient (Wildman–Crippen LogP) is 3.35. The predicted molar refractivity (Wildman–Crippen MR) is 80.4 cm³/mol. The number of anilines is 1. The molecule has 3 heteroatoms.